The van der Waals surface area contributed by atoms with Crippen LogP contribution in [-0.4, -0.2) is 42.9 Å². The monoisotopic (exact) mass is 407 g/mol. The Balaban J connectivity index is 2.17. The zero-order valence-corrected chi connectivity index (χ0v) is 17.1. The summed E-state index contributed by atoms with van der Waals surface area (Å²) in [5.41, 5.74) is 7.06. The van der Waals surface area contributed by atoms with E-state index in [4.69, 9.17) is 15.2 Å². The van der Waals surface area contributed by atoms with E-state index in [1.807, 2.05) is 13.8 Å². The first-order valence-electron chi connectivity index (χ1n) is 9.99. The van der Waals surface area contributed by atoms with Gasteiger partial charge in [-0.25, -0.2) is 14.0 Å². The molecule has 1 aliphatic rings. The molecule has 8 heteroatoms. The lowest BCUT2D eigenvalue weighted by Gasteiger charge is -2.36. The van der Waals surface area contributed by atoms with Gasteiger partial charge in [0.05, 0.1) is 24.9 Å². The van der Waals surface area contributed by atoms with Crippen LogP contribution in [0.5, 0.6) is 0 Å². The van der Waals surface area contributed by atoms with Gasteiger partial charge in [0.15, 0.2) is 0 Å². The Kier molecular flexibility index (Phi) is 8.60. The summed E-state index contributed by atoms with van der Waals surface area (Å²) in [4.78, 5) is 24.6. The van der Waals surface area contributed by atoms with Gasteiger partial charge in [0.1, 0.15) is 5.82 Å². The summed E-state index contributed by atoms with van der Waals surface area (Å²) in [5, 5.41) is 5.41. The number of hydrogen-bond acceptors (Lipinski definition) is 5. The van der Waals surface area contributed by atoms with E-state index in [-0.39, 0.29) is 19.1 Å². The molecule has 160 valence electrons. The van der Waals surface area contributed by atoms with Crippen molar-refractivity contribution in [2.75, 3.05) is 11.9 Å². The number of anilines is 1. The van der Waals surface area contributed by atoms with Gasteiger partial charge in [-0.3, -0.25) is 0 Å². The summed E-state index contributed by atoms with van der Waals surface area (Å²) >= 11 is 0. The smallest absolute Gasteiger partial charge is 0.333 e. The zero-order valence-electron chi connectivity index (χ0n) is 17.1. The Morgan fingerprint density at radius 3 is 2.62 bits per heavy atom. The number of ether oxygens (including phenoxy) is 2. The third-order valence-corrected chi connectivity index (χ3v) is 4.81. The van der Waals surface area contributed by atoms with Gasteiger partial charge in [-0.2, -0.15) is 0 Å². The molecule has 0 saturated carbocycles. The van der Waals surface area contributed by atoms with Crippen molar-refractivity contribution in [1.82, 2.24) is 5.32 Å². The predicted molar refractivity (Wildman–Crippen MR) is 109 cm³/mol. The average molecular weight is 407 g/mol. The number of rotatable bonds is 8. The minimum atomic E-state index is -0.582. The summed E-state index contributed by atoms with van der Waals surface area (Å²) in [6.07, 6.45) is 2.89. The molecule has 0 radical (unpaired) electrons. The van der Waals surface area contributed by atoms with E-state index in [1.54, 1.807) is 19.1 Å². The second-order valence-corrected chi connectivity index (χ2v) is 6.95. The molecule has 0 spiro atoms. The van der Waals surface area contributed by atoms with Gasteiger partial charge in [-0.05, 0) is 50.5 Å². The van der Waals surface area contributed by atoms with Gasteiger partial charge < -0.3 is 25.8 Å². The molecule has 1 aromatic rings. The van der Waals surface area contributed by atoms with Crippen molar-refractivity contribution in [3.05, 3.63) is 41.7 Å². The molecule has 2 amide bonds. The summed E-state index contributed by atoms with van der Waals surface area (Å²) in [7, 11) is 0. The van der Waals surface area contributed by atoms with Crippen LogP contribution in [0.3, 0.4) is 0 Å². The van der Waals surface area contributed by atoms with Crippen molar-refractivity contribution in [1.29, 1.82) is 0 Å². The van der Waals surface area contributed by atoms with Crippen molar-refractivity contribution >= 4 is 17.7 Å². The number of carbonyl (C=O) groups is 2. The van der Waals surface area contributed by atoms with Crippen LogP contribution in [0.4, 0.5) is 14.9 Å². The lowest BCUT2D eigenvalue weighted by atomic mass is 9.88. The largest absolute Gasteiger partial charge is 0.463 e. The molecule has 29 heavy (non-hydrogen) atoms. The van der Waals surface area contributed by atoms with Crippen LogP contribution in [0.2, 0.25) is 0 Å². The molecule has 0 saturated heterocycles. The normalized spacial score (nSPS) is 21.4. The minimum absolute atomic E-state index is 0.0411. The Hall–Kier alpha value is -2.45. The number of nitrogens with two attached hydrogens (primary N) is 1. The summed E-state index contributed by atoms with van der Waals surface area (Å²) in [6, 6.07) is 3.98. The molecule has 1 aliphatic carbocycles. The highest BCUT2D eigenvalue weighted by molar-refractivity contribution is 5.90. The maximum atomic E-state index is 13.3. The first kappa shape index (κ1) is 22.8. The highest BCUT2D eigenvalue weighted by Gasteiger charge is 2.36. The number of urea groups is 1. The summed E-state index contributed by atoms with van der Waals surface area (Å²) in [6.45, 7) is 6.01. The molecule has 3 atom stereocenters. The molecule has 0 fully saturated rings. The second kappa shape index (κ2) is 10.9. The van der Waals surface area contributed by atoms with Crippen LogP contribution in [0.1, 0.15) is 40.0 Å². The van der Waals surface area contributed by atoms with Crippen molar-refractivity contribution in [3.63, 3.8) is 0 Å². The zero-order chi connectivity index (χ0) is 21.4. The fourth-order valence-corrected chi connectivity index (χ4v) is 3.27. The number of hydrogen-bond donors (Lipinski definition) is 3. The Labute approximate surface area is 170 Å². The maximum absolute atomic E-state index is 13.3. The Morgan fingerprint density at radius 1 is 1.28 bits per heavy atom. The lowest BCUT2D eigenvalue weighted by Crippen LogP contribution is -2.58. The first-order valence-corrected chi connectivity index (χ1v) is 9.99. The maximum Gasteiger partial charge on any atom is 0.333 e. The molecule has 7 nitrogen and oxygen atoms in total. The van der Waals surface area contributed by atoms with Crippen LogP contribution >= 0.6 is 0 Å². The van der Waals surface area contributed by atoms with Crippen LogP contribution < -0.4 is 16.4 Å². The van der Waals surface area contributed by atoms with E-state index in [0.717, 1.165) is 12.8 Å². The van der Waals surface area contributed by atoms with Crippen LogP contribution in [0.25, 0.3) is 0 Å². The fraction of sp³-hybridized carbons (Fsp3) is 0.524. The van der Waals surface area contributed by atoms with Crippen LogP contribution in [0.15, 0.2) is 35.9 Å². The quantitative estimate of drug-likeness (QED) is 0.575. The molecule has 0 bridgehead atoms. The van der Waals surface area contributed by atoms with Crippen molar-refractivity contribution in [2.45, 2.75) is 64.3 Å². The molecule has 0 aromatic heterocycles. The van der Waals surface area contributed by atoms with E-state index in [2.05, 4.69) is 10.6 Å². The number of nitrogens with one attached hydrogen (secondary N) is 2. The summed E-state index contributed by atoms with van der Waals surface area (Å²) < 4.78 is 24.6. The number of amides is 2. The molecule has 0 aliphatic heterocycles. The Morgan fingerprint density at radius 2 is 2.00 bits per heavy atom. The molecule has 1 aromatic carbocycles. The van der Waals surface area contributed by atoms with E-state index in [0.29, 0.717) is 11.3 Å². The second-order valence-electron chi connectivity index (χ2n) is 6.95. The van der Waals surface area contributed by atoms with Crippen molar-refractivity contribution in [2.24, 2.45) is 5.73 Å². The minimum Gasteiger partial charge on any atom is -0.463 e. The summed E-state index contributed by atoms with van der Waals surface area (Å²) in [5.74, 6) is -0.877. The van der Waals surface area contributed by atoms with Gasteiger partial charge in [-0.1, -0.05) is 19.9 Å². The molecule has 4 N–H and O–H groups in total. The third kappa shape index (κ3) is 6.54. The Bertz CT molecular complexity index is 736. The molecule has 0 heterocycles. The lowest BCUT2D eigenvalue weighted by molar-refractivity contribution is -0.139. The fourth-order valence-electron chi connectivity index (χ4n) is 3.27. The van der Waals surface area contributed by atoms with E-state index >= 15 is 0 Å². The molecular weight excluding hydrogens is 377 g/mol. The van der Waals surface area contributed by atoms with Crippen molar-refractivity contribution in [3.8, 4) is 0 Å². The van der Waals surface area contributed by atoms with Gasteiger partial charge in [-0.15, -0.1) is 0 Å². The average Bonchev–Trinajstić information content (AvgIpc) is 2.68. The number of esters is 1. The van der Waals surface area contributed by atoms with Crippen molar-refractivity contribution < 1.29 is 23.5 Å². The molecule has 2 rings (SSSR count). The van der Waals surface area contributed by atoms with E-state index in [1.165, 1.54) is 18.2 Å². The number of halogens is 1. The first-order chi connectivity index (χ1) is 13.9. The van der Waals surface area contributed by atoms with Gasteiger partial charge >= 0.3 is 12.0 Å². The highest BCUT2D eigenvalue weighted by atomic mass is 19.1. The number of carbonyl (C=O) groups excluding carboxylic acids is 2. The number of benzene rings is 1. The van der Waals surface area contributed by atoms with Gasteiger partial charge in [0, 0.05) is 17.3 Å². The SMILES string of the molecule is CCOC(=O)C1=C[C@H](OC(CC)CC)[C@H](NC(=O)Nc2cccc(F)c2)[C@@H](N)C1. The van der Waals surface area contributed by atoms with Gasteiger partial charge in [0.2, 0.25) is 0 Å². The van der Waals surface area contributed by atoms with Crippen LogP contribution in [-0.2, 0) is 14.3 Å². The van der Waals surface area contributed by atoms with E-state index < -0.39 is 36.0 Å². The van der Waals surface area contributed by atoms with Crippen LogP contribution in [0, 0.1) is 5.82 Å². The van der Waals surface area contributed by atoms with E-state index in [9.17, 15) is 14.0 Å². The standard InChI is InChI=1S/C21H30FN3O4/c1-4-16(5-2)29-18-11-13(20(26)28-6-3)10-17(23)19(18)25-21(27)24-15-9-7-8-14(22)12-15/h7-9,11-12,16-19H,4-6,10,23H2,1-3H3,(H2,24,25,27)/t17-,18-,19+/m0/s1. The molecule has 0 unspecified atom stereocenters. The predicted octanol–water partition coefficient (Wildman–Crippen LogP) is 3.11. The molecular formula is C21H30FN3O4. The van der Waals surface area contributed by atoms with Gasteiger partial charge in [0.25, 0.3) is 0 Å². The highest BCUT2D eigenvalue weighted by Crippen LogP contribution is 2.24. The third-order valence-electron chi connectivity index (χ3n) is 4.81. The topological polar surface area (TPSA) is 103 Å².